The van der Waals surface area contributed by atoms with Crippen LogP contribution in [0.1, 0.15) is 27.7 Å². The van der Waals surface area contributed by atoms with Gasteiger partial charge in [-0.2, -0.15) is 0 Å². The zero-order chi connectivity index (χ0) is 15.1. The van der Waals surface area contributed by atoms with E-state index >= 15 is 0 Å². The summed E-state index contributed by atoms with van der Waals surface area (Å²) >= 11 is 0. The van der Waals surface area contributed by atoms with E-state index in [9.17, 15) is 0 Å². The maximum atomic E-state index is 6.05. The highest BCUT2D eigenvalue weighted by Crippen LogP contribution is 2.36. The lowest BCUT2D eigenvalue weighted by Crippen LogP contribution is -2.41. The third kappa shape index (κ3) is 2.59. The molecule has 1 aromatic heterocycles. The van der Waals surface area contributed by atoms with Gasteiger partial charge in [-0.15, -0.1) is 0 Å². The van der Waals surface area contributed by atoms with Gasteiger partial charge in [-0.25, -0.2) is 9.97 Å². The van der Waals surface area contributed by atoms with E-state index in [2.05, 4.69) is 37.7 Å². The average Bonchev–Trinajstić information content (AvgIpc) is 2.69. The van der Waals surface area contributed by atoms with E-state index in [-0.39, 0.29) is 18.3 Å². The topological polar surface area (TPSA) is 44.2 Å². The molecule has 0 unspecified atom stereocenters. The van der Waals surface area contributed by atoms with Crippen molar-refractivity contribution in [3.63, 3.8) is 0 Å². The van der Waals surface area contributed by atoms with Crippen molar-refractivity contribution in [1.29, 1.82) is 0 Å². The van der Waals surface area contributed by atoms with Crippen LogP contribution in [0.2, 0.25) is 0 Å². The van der Waals surface area contributed by atoms with Gasteiger partial charge in [0.15, 0.2) is 0 Å². The van der Waals surface area contributed by atoms with Crippen LogP contribution >= 0.6 is 0 Å². The van der Waals surface area contributed by atoms with Crippen LogP contribution in [0.5, 0.6) is 0 Å². The fraction of sp³-hybridized carbons (Fsp3) is 0.375. The highest BCUT2D eigenvalue weighted by molar-refractivity contribution is 6.62. The Kier molecular flexibility index (Phi) is 3.34. The standard InChI is InChI=1S/C16H19BN2O2/c1-15(2)16(3,4)21-17(20-15)13-7-5-12(6-8-13)14-9-10-18-11-19-14/h5-11H,1-4H3. The molecule has 0 atom stereocenters. The predicted octanol–water partition coefficient (Wildman–Crippen LogP) is 2.44. The monoisotopic (exact) mass is 282 g/mol. The minimum absolute atomic E-state index is 0.316. The van der Waals surface area contributed by atoms with Gasteiger partial charge in [-0.05, 0) is 39.2 Å². The molecule has 1 fully saturated rings. The van der Waals surface area contributed by atoms with E-state index in [0.717, 1.165) is 16.7 Å². The predicted molar refractivity (Wildman–Crippen MR) is 83.2 cm³/mol. The summed E-state index contributed by atoms with van der Waals surface area (Å²) in [6, 6.07) is 10.0. The summed E-state index contributed by atoms with van der Waals surface area (Å²) in [7, 11) is -0.325. The van der Waals surface area contributed by atoms with Crippen LogP contribution < -0.4 is 5.46 Å². The minimum Gasteiger partial charge on any atom is -0.399 e. The fourth-order valence-corrected chi connectivity index (χ4v) is 2.25. The summed E-state index contributed by atoms with van der Waals surface area (Å²) in [5, 5.41) is 0. The number of rotatable bonds is 2. The lowest BCUT2D eigenvalue weighted by atomic mass is 9.79. The summed E-state index contributed by atoms with van der Waals surface area (Å²) in [4.78, 5) is 8.18. The molecule has 3 rings (SSSR count). The molecular weight excluding hydrogens is 263 g/mol. The van der Waals surface area contributed by atoms with Crippen molar-refractivity contribution in [2.75, 3.05) is 0 Å². The van der Waals surface area contributed by atoms with Gasteiger partial charge in [0.25, 0.3) is 0 Å². The Morgan fingerprint density at radius 1 is 0.905 bits per heavy atom. The Hall–Kier alpha value is -1.72. The zero-order valence-corrected chi connectivity index (χ0v) is 12.8. The summed E-state index contributed by atoms with van der Waals surface area (Å²) < 4.78 is 12.1. The molecule has 5 heteroatoms. The van der Waals surface area contributed by atoms with E-state index in [1.165, 1.54) is 0 Å². The van der Waals surface area contributed by atoms with Crippen LogP contribution in [0.25, 0.3) is 11.3 Å². The van der Waals surface area contributed by atoms with Crippen molar-refractivity contribution in [3.05, 3.63) is 42.9 Å². The first-order valence-corrected chi connectivity index (χ1v) is 7.11. The van der Waals surface area contributed by atoms with Gasteiger partial charge in [-0.3, -0.25) is 0 Å². The average molecular weight is 282 g/mol. The second-order valence-corrected chi connectivity index (χ2v) is 6.30. The molecule has 0 radical (unpaired) electrons. The van der Waals surface area contributed by atoms with Crippen LogP contribution in [0.4, 0.5) is 0 Å². The first-order chi connectivity index (χ1) is 9.89. The molecule has 1 saturated heterocycles. The van der Waals surface area contributed by atoms with Gasteiger partial charge in [0, 0.05) is 11.8 Å². The summed E-state index contributed by atoms with van der Waals surface area (Å²) in [5.74, 6) is 0. The Morgan fingerprint density at radius 2 is 1.52 bits per heavy atom. The van der Waals surface area contributed by atoms with Crippen LogP contribution in [0.3, 0.4) is 0 Å². The quantitative estimate of drug-likeness (QED) is 0.794. The molecule has 0 saturated carbocycles. The minimum atomic E-state index is -0.325. The van der Waals surface area contributed by atoms with Crippen molar-refractivity contribution in [2.45, 2.75) is 38.9 Å². The molecule has 4 nitrogen and oxygen atoms in total. The summed E-state index contributed by atoms with van der Waals surface area (Å²) in [6.45, 7) is 8.23. The van der Waals surface area contributed by atoms with Crippen LogP contribution in [0.15, 0.2) is 42.9 Å². The number of nitrogens with zero attached hydrogens (tertiary/aromatic N) is 2. The maximum absolute atomic E-state index is 6.05. The molecule has 2 aromatic rings. The van der Waals surface area contributed by atoms with Gasteiger partial charge in [0.05, 0.1) is 16.9 Å². The normalized spacial score (nSPS) is 19.7. The third-order valence-corrected chi connectivity index (χ3v) is 4.31. The molecule has 2 heterocycles. The van der Waals surface area contributed by atoms with Gasteiger partial charge in [0.2, 0.25) is 0 Å². The Bertz CT molecular complexity index is 610. The van der Waals surface area contributed by atoms with E-state index in [1.54, 1.807) is 12.5 Å². The molecule has 1 aliphatic rings. The molecule has 0 N–H and O–H groups in total. The second kappa shape index (κ2) is 4.93. The molecule has 1 aliphatic heterocycles. The lowest BCUT2D eigenvalue weighted by Gasteiger charge is -2.32. The SMILES string of the molecule is CC1(C)OB(c2ccc(-c3ccncn3)cc2)OC1(C)C. The second-order valence-electron chi connectivity index (χ2n) is 6.30. The van der Waals surface area contributed by atoms with Crippen molar-refractivity contribution < 1.29 is 9.31 Å². The van der Waals surface area contributed by atoms with E-state index in [4.69, 9.17) is 9.31 Å². The number of aromatic nitrogens is 2. The van der Waals surface area contributed by atoms with E-state index in [0.29, 0.717) is 0 Å². The third-order valence-electron chi connectivity index (χ3n) is 4.31. The van der Waals surface area contributed by atoms with Gasteiger partial charge < -0.3 is 9.31 Å². The Morgan fingerprint density at radius 3 is 2.05 bits per heavy atom. The molecule has 21 heavy (non-hydrogen) atoms. The van der Waals surface area contributed by atoms with Crippen molar-refractivity contribution in [1.82, 2.24) is 9.97 Å². The van der Waals surface area contributed by atoms with Gasteiger partial charge in [-0.1, -0.05) is 24.3 Å². The smallest absolute Gasteiger partial charge is 0.399 e. The fourth-order valence-electron chi connectivity index (χ4n) is 2.25. The molecule has 108 valence electrons. The lowest BCUT2D eigenvalue weighted by molar-refractivity contribution is 0.00578. The Balaban J connectivity index is 1.83. The van der Waals surface area contributed by atoms with Crippen molar-refractivity contribution in [2.24, 2.45) is 0 Å². The van der Waals surface area contributed by atoms with Crippen LogP contribution in [-0.2, 0) is 9.31 Å². The largest absolute Gasteiger partial charge is 0.494 e. The van der Waals surface area contributed by atoms with E-state index < -0.39 is 0 Å². The van der Waals surface area contributed by atoms with Gasteiger partial charge in [0.1, 0.15) is 6.33 Å². The maximum Gasteiger partial charge on any atom is 0.494 e. The van der Waals surface area contributed by atoms with Crippen LogP contribution in [0, 0.1) is 0 Å². The zero-order valence-electron chi connectivity index (χ0n) is 12.8. The summed E-state index contributed by atoms with van der Waals surface area (Å²) in [5.41, 5.74) is 2.35. The molecular formula is C16H19BN2O2. The highest BCUT2D eigenvalue weighted by Gasteiger charge is 2.51. The van der Waals surface area contributed by atoms with Crippen molar-refractivity contribution in [3.8, 4) is 11.3 Å². The highest BCUT2D eigenvalue weighted by atomic mass is 16.7. The number of hydrogen-bond donors (Lipinski definition) is 0. The van der Waals surface area contributed by atoms with E-state index in [1.807, 2.05) is 30.3 Å². The molecule has 0 amide bonds. The van der Waals surface area contributed by atoms with Crippen LogP contribution in [-0.4, -0.2) is 28.3 Å². The molecule has 0 spiro atoms. The van der Waals surface area contributed by atoms with Crippen molar-refractivity contribution >= 4 is 12.6 Å². The first-order valence-electron chi connectivity index (χ1n) is 7.11. The molecule has 1 aromatic carbocycles. The first kappa shape index (κ1) is 14.2. The Labute approximate surface area is 125 Å². The number of benzene rings is 1. The molecule has 0 bridgehead atoms. The summed E-state index contributed by atoms with van der Waals surface area (Å²) in [6.07, 6.45) is 3.29. The molecule has 0 aliphatic carbocycles. The number of hydrogen-bond acceptors (Lipinski definition) is 4. The van der Waals surface area contributed by atoms with Gasteiger partial charge >= 0.3 is 7.12 Å².